The molecule has 1 atom stereocenters. The van der Waals surface area contributed by atoms with Gasteiger partial charge in [-0.2, -0.15) is 0 Å². The van der Waals surface area contributed by atoms with Crippen molar-refractivity contribution < 1.29 is 0 Å². The predicted octanol–water partition coefficient (Wildman–Crippen LogP) is 13.9. The first-order chi connectivity index (χ1) is 27.7. The average molecular weight is 731 g/mol. The van der Waals surface area contributed by atoms with Gasteiger partial charge in [-0.1, -0.05) is 170 Å². The Balaban J connectivity index is 1.17. The molecule has 8 aromatic carbocycles. The van der Waals surface area contributed by atoms with Crippen LogP contribution >= 0.6 is 11.3 Å². The average Bonchev–Trinajstić information content (AvgIpc) is 3.80. The monoisotopic (exact) mass is 730 g/mol. The van der Waals surface area contributed by atoms with E-state index in [4.69, 9.17) is 9.97 Å². The molecule has 2 heterocycles. The molecule has 2 aromatic heterocycles. The molecule has 0 saturated carbocycles. The van der Waals surface area contributed by atoms with E-state index < -0.39 is 5.41 Å². The van der Waals surface area contributed by atoms with Crippen molar-refractivity contribution in [2.24, 2.45) is 0 Å². The Labute approximate surface area is 330 Å². The van der Waals surface area contributed by atoms with Crippen LogP contribution in [0.4, 0.5) is 0 Å². The summed E-state index contributed by atoms with van der Waals surface area (Å²) in [6.45, 7) is 0. The minimum Gasteiger partial charge on any atom is -0.228 e. The van der Waals surface area contributed by atoms with Gasteiger partial charge in [0.2, 0.25) is 0 Å². The molecule has 11 rings (SSSR count). The summed E-state index contributed by atoms with van der Waals surface area (Å²) in [5.41, 5.74) is 14.3. The largest absolute Gasteiger partial charge is 0.228 e. The Morgan fingerprint density at radius 3 is 1.55 bits per heavy atom. The van der Waals surface area contributed by atoms with Gasteiger partial charge in [0.05, 0.1) is 16.8 Å². The van der Waals surface area contributed by atoms with Crippen LogP contribution in [0.3, 0.4) is 0 Å². The van der Waals surface area contributed by atoms with E-state index in [1.807, 2.05) is 23.5 Å². The third kappa shape index (κ3) is 5.16. The van der Waals surface area contributed by atoms with E-state index in [0.717, 1.165) is 28.1 Å². The van der Waals surface area contributed by atoms with Crippen LogP contribution in [0.25, 0.3) is 76.3 Å². The lowest BCUT2D eigenvalue weighted by molar-refractivity contribution is 0.770. The Morgan fingerprint density at radius 1 is 0.339 bits per heavy atom. The van der Waals surface area contributed by atoms with Crippen molar-refractivity contribution in [2.45, 2.75) is 5.41 Å². The van der Waals surface area contributed by atoms with Gasteiger partial charge in [-0.25, -0.2) is 9.97 Å². The molecule has 262 valence electrons. The Hall–Kier alpha value is -6.94. The van der Waals surface area contributed by atoms with Gasteiger partial charge >= 0.3 is 0 Å². The van der Waals surface area contributed by atoms with Gasteiger partial charge in [-0.15, -0.1) is 11.3 Å². The Kier molecular flexibility index (Phi) is 7.61. The van der Waals surface area contributed by atoms with Crippen molar-refractivity contribution in [3.8, 4) is 56.2 Å². The highest BCUT2D eigenvalue weighted by atomic mass is 32.1. The number of thiophene rings is 1. The quantitative estimate of drug-likeness (QED) is 0.170. The summed E-state index contributed by atoms with van der Waals surface area (Å²) < 4.78 is 2.58. The lowest BCUT2D eigenvalue weighted by atomic mass is 9.67. The highest BCUT2D eigenvalue weighted by Crippen LogP contribution is 2.57. The van der Waals surface area contributed by atoms with Crippen molar-refractivity contribution in [2.75, 3.05) is 0 Å². The molecule has 0 saturated heterocycles. The van der Waals surface area contributed by atoms with Gasteiger partial charge in [-0.3, -0.25) is 0 Å². The van der Waals surface area contributed by atoms with Gasteiger partial charge in [-0.05, 0) is 80.9 Å². The fraction of sp³-hybridized carbons (Fsp3) is 0.0189. The van der Waals surface area contributed by atoms with Crippen LogP contribution in [-0.2, 0) is 5.41 Å². The van der Waals surface area contributed by atoms with Crippen molar-refractivity contribution >= 4 is 31.5 Å². The first kappa shape index (κ1) is 32.5. The van der Waals surface area contributed by atoms with Gasteiger partial charge in [0.15, 0.2) is 5.82 Å². The maximum absolute atomic E-state index is 5.26. The number of hydrogen-bond donors (Lipinski definition) is 0. The molecule has 0 radical (unpaired) electrons. The Bertz CT molecular complexity index is 3010. The number of rotatable bonds is 6. The predicted molar refractivity (Wildman–Crippen MR) is 234 cm³/mol. The molecule has 0 aliphatic heterocycles. The van der Waals surface area contributed by atoms with Gasteiger partial charge < -0.3 is 0 Å². The van der Waals surface area contributed by atoms with E-state index >= 15 is 0 Å². The van der Waals surface area contributed by atoms with Gasteiger partial charge in [0, 0.05) is 36.9 Å². The van der Waals surface area contributed by atoms with Crippen LogP contribution in [-0.4, -0.2) is 9.97 Å². The summed E-state index contributed by atoms with van der Waals surface area (Å²) in [6, 6.07) is 74.6. The molecule has 3 heteroatoms. The molecule has 0 spiro atoms. The molecule has 56 heavy (non-hydrogen) atoms. The zero-order valence-corrected chi connectivity index (χ0v) is 31.2. The summed E-state index contributed by atoms with van der Waals surface area (Å²) >= 11 is 1.86. The first-order valence-electron chi connectivity index (χ1n) is 19.1. The van der Waals surface area contributed by atoms with Crippen LogP contribution in [0.2, 0.25) is 0 Å². The van der Waals surface area contributed by atoms with E-state index in [9.17, 15) is 0 Å². The van der Waals surface area contributed by atoms with Crippen LogP contribution in [0, 0.1) is 0 Å². The standard InChI is InChI=1S/C53H34N2S/c1-5-15-35(16-6-1)38-26-29-50-44(31-38)45-33-41(27-30-51(45)56-50)53(40-21-11-4-12-22-40)46-24-14-13-23-42(46)43-28-25-39(32-47(43)53)52-54-48(36-17-7-2-8-18-36)34-49(55-52)37-19-9-3-10-20-37/h1-34H. The van der Waals surface area contributed by atoms with Gasteiger partial charge in [0.1, 0.15) is 0 Å². The van der Waals surface area contributed by atoms with E-state index in [1.165, 1.54) is 64.7 Å². The van der Waals surface area contributed by atoms with Crippen molar-refractivity contribution in [1.29, 1.82) is 0 Å². The number of benzene rings is 8. The van der Waals surface area contributed by atoms with E-state index in [1.54, 1.807) is 0 Å². The molecular formula is C53H34N2S. The van der Waals surface area contributed by atoms with Crippen molar-refractivity contribution in [3.63, 3.8) is 0 Å². The minimum atomic E-state index is -0.581. The highest BCUT2D eigenvalue weighted by Gasteiger charge is 2.46. The molecule has 1 aliphatic carbocycles. The highest BCUT2D eigenvalue weighted by molar-refractivity contribution is 7.25. The number of aromatic nitrogens is 2. The molecular weight excluding hydrogens is 697 g/mol. The van der Waals surface area contributed by atoms with Gasteiger partial charge in [0.25, 0.3) is 0 Å². The zero-order chi connectivity index (χ0) is 37.1. The molecule has 0 fully saturated rings. The maximum atomic E-state index is 5.26. The molecule has 1 aliphatic rings. The summed E-state index contributed by atoms with van der Waals surface area (Å²) in [5, 5.41) is 2.57. The minimum absolute atomic E-state index is 0.581. The normalized spacial score (nSPS) is 14.5. The fourth-order valence-electron chi connectivity index (χ4n) is 8.81. The third-order valence-corrected chi connectivity index (χ3v) is 12.5. The summed E-state index contributed by atoms with van der Waals surface area (Å²) in [5.74, 6) is 0.707. The summed E-state index contributed by atoms with van der Waals surface area (Å²) in [7, 11) is 0. The number of nitrogens with zero attached hydrogens (tertiary/aromatic N) is 2. The number of hydrogen-bond acceptors (Lipinski definition) is 3. The molecule has 0 amide bonds. The van der Waals surface area contributed by atoms with E-state index in [-0.39, 0.29) is 0 Å². The van der Waals surface area contributed by atoms with Crippen molar-refractivity contribution in [3.05, 3.63) is 229 Å². The van der Waals surface area contributed by atoms with E-state index in [0.29, 0.717) is 5.82 Å². The number of fused-ring (bicyclic) bond motifs is 6. The zero-order valence-electron chi connectivity index (χ0n) is 30.4. The molecule has 10 aromatic rings. The second kappa shape index (κ2) is 13.1. The van der Waals surface area contributed by atoms with Crippen LogP contribution < -0.4 is 0 Å². The third-order valence-electron chi connectivity index (χ3n) is 11.4. The topological polar surface area (TPSA) is 25.8 Å². The first-order valence-corrected chi connectivity index (χ1v) is 19.9. The van der Waals surface area contributed by atoms with E-state index in [2.05, 4.69) is 194 Å². The SMILES string of the molecule is c1ccc(-c2ccc3sc4ccc(C5(c6ccccc6)c6ccccc6-c6ccc(-c7nc(-c8ccccc8)cc(-c8ccccc8)n7)cc65)cc4c3c2)cc1. The lowest BCUT2D eigenvalue weighted by Gasteiger charge is -2.34. The van der Waals surface area contributed by atoms with Crippen LogP contribution in [0.15, 0.2) is 206 Å². The fourth-order valence-corrected chi connectivity index (χ4v) is 9.87. The molecule has 2 nitrogen and oxygen atoms in total. The van der Waals surface area contributed by atoms with Crippen LogP contribution in [0.1, 0.15) is 22.3 Å². The van der Waals surface area contributed by atoms with Crippen molar-refractivity contribution in [1.82, 2.24) is 9.97 Å². The molecule has 1 unspecified atom stereocenters. The molecule has 0 bridgehead atoms. The lowest BCUT2D eigenvalue weighted by Crippen LogP contribution is -2.28. The van der Waals surface area contributed by atoms with Crippen LogP contribution in [0.5, 0.6) is 0 Å². The molecule has 0 N–H and O–H groups in total. The summed E-state index contributed by atoms with van der Waals surface area (Å²) in [4.78, 5) is 10.5. The second-order valence-electron chi connectivity index (χ2n) is 14.5. The Morgan fingerprint density at radius 2 is 0.875 bits per heavy atom. The summed E-state index contributed by atoms with van der Waals surface area (Å²) in [6.07, 6.45) is 0. The smallest absolute Gasteiger partial charge is 0.160 e. The second-order valence-corrected chi connectivity index (χ2v) is 15.6. The maximum Gasteiger partial charge on any atom is 0.160 e.